The molecule has 5 rings (SSSR count). The number of aryl methyl sites for hydroxylation is 1. The van der Waals surface area contributed by atoms with Crippen molar-refractivity contribution in [1.82, 2.24) is 19.5 Å². The Morgan fingerprint density at radius 1 is 1.09 bits per heavy atom. The number of hydrogen-bond donors (Lipinski definition) is 0. The van der Waals surface area contributed by atoms with Gasteiger partial charge in [0.05, 0.1) is 12.1 Å². The van der Waals surface area contributed by atoms with E-state index in [9.17, 15) is 8.42 Å². The number of pyridine rings is 1. The minimum atomic E-state index is -3.86. The Bertz CT molecular complexity index is 1400. The predicted molar refractivity (Wildman–Crippen MR) is 126 cm³/mol. The maximum Gasteiger partial charge on any atom is 0.247 e. The molecule has 0 unspecified atom stereocenters. The molecule has 0 saturated heterocycles. The van der Waals surface area contributed by atoms with Crippen LogP contribution in [0.5, 0.6) is 0 Å². The lowest BCUT2D eigenvalue weighted by atomic mass is 10.2. The summed E-state index contributed by atoms with van der Waals surface area (Å²) in [6, 6.07) is 14.1. The first-order valence-electron chi connectivity index (χ1n) is 10.9. The molecule has 2 heterocycles. The average molecular weight is 483 g/mol. The summed E-state index contributed by atoms with van der Waals surface area (Å²) in [5.41, 5.74) is 2.17. The molecule has 1 aliphatic carbocycles. The van der Waals surface area contributed by atoms with Crippen LogP contribution in [0.15, 0.2) is 64.0 Å². The molecule has 7 nitrogen and oxygen atoms in total. The Labute approximate surface area is 197 Å². The number of aromatic nitrogens is 3. The van der Waals surface area contributed by atoms with Gasteiger partial charge in [0, 0.05) is 28.2 Å². The van der Waals surface area contributed by atoms with E-state index in [0.717, 1.165) is 42.2 Å². The number of benzene rings is 2. The maximum absolute atomic E-state index is 13.9. The van der Waals surface area contributed by atoms with Gasteiger partial charge in [0.15, 0.2) is 0 Å². The molecule has 1 fully saturated rings. The van der Waals surface area contributed by atoms with Gasteiger partial charge in [-0.3, -0.25) is 4.98 Å². The molecular formula is C24H23ClN4O3S. The fourth-order valence-corrected chi connectivity index (χ4v) is 6.27. The van der Waals surface area contributed by atoms with E-state index in [0.29, 0.717) is 16.4 Å². The van der Waals surface area contributed by atoms with Crippen LogP contribution in [0.4, 0.5) is 0 Å². The van der Waals surface area contributed by atoms with Crippen LogP contribution in [-0.2, 0) is 16.6 Å². The molecule has 4 aromatic rings. The van der Waals surface area contributed by atoms with Crippen molar-refractivity contribution in [2.24, 2.45) is 0 Å². The summed E-state index contributed by atoms with van der Waals surface area (Å²) in [7, 11) is -3.86. The zero-order valence-electron chi connectivity index (χ0n) is 18.1. The molecule has 0 radical (unpaired) electrons. The molecule has 0 bridgehead atoms. The minimum absolute atomic E-state index is 0.00976. The molecule has 2 aromatic heterocycles. The van der Waals surface area contributed by atoms with E-state index in [-0.39, 0.29) is 23.4 Å². The van der Waals surface area contributed by atoms with E-state index in [1.165, 1.54) is 4.31 Å². The van der Waals surface area contributed by atoms with E-state index in [1.54, 1.807) is 42.6 Å². The topological polar surface area (TPSA) is 89.2 Å². The van der Waals surface area contributed by atoms with Crippen molar-refractivity contribution in [3.05, 3.63) is 71.2 Å². The molecule has 33 heavy (non-hydrogen) atoms. The fourth-order valence-electron chi connectivity index (χ4n) is 4.34. The Hall–Kier alpha value is -2.81. The summed E-state index contributed by atoms with van der Waals surface area (Å²) in [5.74, 6) is 0.576. The molecule has 170 valence electrons. The Morgan fingerprint density at radius 2 is 1.85 bits per heavy atom. The summed E-state index contributed by atoms with van der Waals surface area (Å²) in [6.45, 7) is 1.95. The quantitative estimate of drug-likeness (QED) is 0.366. The third-order valence-electron chi connectivity index (χ3n) is 5.98. The van der Waals surface area contributed by atoms with E-state index in [1.807, 2.05) is 19.1 Å². The molecule has 0 atom stereocenters. The van der Waals surface area contributed by atoms with Crippen molar-refractivity contribution >= 4 is 32.5 Å². The summed E-state index contributed by atoms with van der Waals surface area (Å²) < 4.78 is 35.2. The van der Waals surface area contributed by atoms with Gasteiger partial charge in [0.25, 0.3) is 0 Å². The van der Waals surface area contributed by atoms with Crippen LogP contribution in [0.1, 0.15) is 37.1 Å². The second kappa shape index (κ2) is 8.85. The zero-order valence-corrected chi connectivity index (χ0v) is 19.7. The van der Waals surface area contributed by atoms with Crippen molar-refractivity contribution < 1.29 is 12.8 Å². The minimum Gasteiger partial charge on any atom is -0.419 e. The fraction of sp³-hybridized carbons (Fsp3) is 0.292. The van der Waals surface area contributed by atoms with Gasteiger partial charge in [-0.05, 0) is 61.7 Å². The smallest absolute Gasteiger partial charge is 0.247 e. The zero-order chi connectivity index (χ0) is 23.0. The van der Waals surface area contributed by atoms with Crippen LogP contribution in [0.2, 0.25) is 5.02 Å². The lowest BCUT2D eigenvalue weighted by Gasteiger charge is -2.27. The molecule has 0 spiro atoms. The van der Waals surface area contributed by atoms with Gasteiger partial charge in [-0.15, -0.1) is 10.2 Å². The number of para-hydroxylation sites is 1. The van der Waals surface area contributed by atoms with E-state index in [2.05, 4.69) is 15.2 Å². The number of hydrogen-bond acceptors (Lipinski definition) is 6. The number of rotatable bonds is 6. The summed E-state index contributed by atoms with van der Waals surface area (Å²) >= 11 is 5.96. The van der Waals surface area contributed by atoms with Crippen LogP contribution < -0.4 is 0 Å². The van der Waals surface area contributed by atoms with E-state index >= 15 is 0 Å². The Morgan fingerprint density at radius 3 is 2.61 bits per heavy atom. The van der Waals surface area contributed by atoms with Gasteiger partial charge in [0.1, 0.15) is 4.90 Å². The van der Waals surface area contributed by atoms with Crippen LogP contribution >= 0.6 is 11.6 Å². The SMILES string of the molecule is Cc1cnc2c(S(=O)(=O)N(Cc3nnc(-c4ccc(Cl)cc4)o3)C3CCCC3)cccc2c1. The number of nitrogens with zero attached hydrogens (tertiary/aromatic N) is 4. The maximum atomic E-state index is 13.9. The number of halogens is 1. The standard InChI is InChI=1S/C24H23ClN4O3S/c1-16-13-18-5-4-8-21(23(18)26-14-16)33(30,31)29(20-6-2-3-7-20)15-22-27-28-24(32-22)17-9-11-19(25)12-10-17/h4-5,8-14,20H,2-3,6-7,15H2,1H3. The van der Waals surface area contributed by atoms with Gasteiger partial charge in [-0.25, -0.2) is 8.42 Å². The van der Waals surface area contributed by atoms with E-state index in [4.69, 9.17) is 16.0 Å². The van der Waals surface area contributed by atoms with Crippen LogP contribution in [-0.4, -0.2) is 33.9 Å². The Balaban J connectivity index is 1.52. The van der Waals surface area contributed by atoms with Gasteiger partial charge in [-0.2, -0.15) is 4.31 Å². The highest BCUT2D eigenvalue weighted by Crippen LogP contribution is 2.33. The van der Waals surface area contributed by atoms with Crippen LogP contribution in [0.3, 0.4) is 0 Å². The van der Waals surface area contributed by atoms with E-state index < -0.39 is 10.0 Å². The highest BCUT2D eigenvalue weighted by Gasteiger charge is 2.36. The molecule has 0 aliphatic heterocycles. The largest absolute Gasteiger partial charge is 0.419 e. The van der Waals surface area contributed by atoms with Crippen molar-refractivity contribution in [2.75, 3.05) is 0 Å². The van der Waals surface area contributed by atoms with Crippen molar-refractivity contribution in [3.63, 3.8) is 0 Å². The molecule has 9 heteroatoms. The third kappa shape index (κ3) is 4.38. The first kappa shape index (κ1) is 22.0. The highest BCUT2D eigenvalue weighted by atomic mass is 35.5. The third-order valence-corrected chi connectivity index (χ3v) is 8.16. The lowest BCUT2D eigenvalue weighted by Crippen LogP contribution is -2.38. The lowest BCUT2D eigenvalue weighted by molar-refractivity contribution is 0.288. The highest BCUT2D eigenvalue weighted by molar-refractivity contribution is 7.89. The number of sulfonamides is 1. The van der Waals surface area contributed by atoms with Crippen LogP contribution in [0.25, 0.3) is 22.4 Å². The summed E-state index contributed by atoms with van der Waals surface area (Å²) in [6.07, 6.45) is 5.27. The first-order valence-corrected chi connectivity index (χ1v) is 12.7. The summed E-state index contributed by atoms with van der Waals surface area (Å²) in [4.78, 5) is 4.64. The van der Waals surface area contributed by atoms with Gasteiger partial charge < -0.3 is 4.42 Å². The molecule has 0 amide bonds. The predicted octanol–water partition coefficient (Wildman–Crippen LogP) is 5.38. The van der Waals surface area contributed by atoms with Gasteiger partial charge >= 0.3 is 0 Å². The first-order chi connectivity index (χ1) is 15.9. The van der Waals surface area contributed by atoms with Gasteiger partial charge in [-0.1, -0.05) is 36.6 Å². The van der Waals surface area contributed by atoms with Crippen molar-refractivity contribution in [3.8, 4) is 11.5 Å². The van der Waals surface area contributed by atoms with Crippen LogP contribution in [0, 0.1) is 6.92 Å². The van der Waals surface area contributed by atoms with Crippen molar-refractivity contribution in [2.45, 2.75) is 50.1 Å². The molecule has 1 saturated carbocycles. The van der Waals surface area contributed by atoms with Gasteiger partial charge in [0.2, 0.25) is 21.8 Å². The number of fused-ring (bicyclic) bond motifs is 1. The summed E-state index contributed by atoms with van der Waals surface area (Å²) in [5, 5.41) is 9.66. The molecular weight excluding hydrogens is 460 g/mol. The molecule has 2 aromatic carbocycles. The average Bonchev–Trinajstić information content (AvgIpc) is 3.49. The Kier molecular flexibility index (Phi) is 5.90. The van der Waals surface area contributed by atoms with Crippen molar-refractivity contribution in [1.29, 1.82) is 0 Å². The molecule has 0 N–H and O–H groups in total. The second-order valence-electron chi connectivity index (χ2n) is 8.34. The molecule has 1 aliphatic rings. The normalized spacial score (nSPS) is 15.0. The second-order valence-corrected chi connectivity index (χ2v) is 10.6. The monoisotopic (exact) mass is 482 g/mol.